The fourth-order valence-corrected chi connectivity index (χ4v) is 6.10. The minimum atomic E-state index is -2.80. The number of carboxylic acid groups (broad SMARTS) is 1. The van der Waals surface area contributed by atoms with Crippen LogP contribution in [-0.4, -0.2) is 95.8 Å². The van der Waals surface area contributed by atoms with Gasteiger partial charge in [-0.25, -0.2) is 18.4 Å². The summed E-state index contributed by atoms with van der Waals surface area (Å²) in [6.07, 6.45) is -3.34. The first kappa shape index (κ1) is 25.2. The molecule has 10 nitrogen and oxygen atoms in total. The van der Waals surface area contributed by atoms with Gasteiger partial charge in [-0.1, -0.05) is 6.92 Å². The molecule has 2 saturated heterocycles. The molecule has 3 aliphatic heterocycles. The smallest absolute Gasteiger partial charge is 0.407 e. The van der Waals surface area contributed by atoms with Crippen LogP contribution in [0.3, 0.4) is 0 Å². The van der Waals surface area contributed by atoms with Gasteiger partial charge in [-0.15, -0.1) is 11.8 Å². The third-order valence-electron chi connectivity index (χ3n) is 6.14. The second-order valence-electron chi connectivity index (χ2n) is 8.62. The first-order valence-electron chi connectivity index (χ1n) is 10.6. The first-order chi connectivity index (χ1) is 15.4. The van der Waals surface area contributed by atoms with Crippen LogP contribution < -0.4 is 10.6 Å². The highest BCUT2D eigenvalue weighted by Crippen LogP contribution is 2.51. The quantitative estimate of drug-likeness (QED) is 0.424. The van der Waals surface area contributed by atoms with Gasteiger partial charge >= 0.3 is 12.1 Å². The van der Waals surface area contributed by atoms with E-state index in [0.29, 0.717) is 17.9 Å². The number of carboxylic acids is 1. The van der Waals surface area contributed by atoms with E-state index in [9.17, 15) is 33.1 Å². The Kier molecular flexibility index (Phi) is 7.52. The number of thioether (sulfide) groups is 1. The lowest BCUT2D eigenvalue weighted by molar-refractivity contribution is -0.158. The van der Waals surface area contributed by atoms with Crippen molar-refractivity contribution in [2.75, 3.05) is 27.2 Å². The highest BCUT2D eigenvalue weighted by Gasteiger charge is 2.60. The number of carbonyl (C=O) groups excluding carboxylic acids is 3. The molecule has 3 rings (SSSR count). The molecule has 0 saturated carbocycles. The fourth-order valence-electron chi connectivity index (χ4n) is 4.63. The number of rotatable bonds is 8. The monoisotopic (exact) mass is 490 g/mol. The molecule has 0 spiro atoms. The number of carbonyl (C=O) groups is 4. The number of nitrogens with one attached hydrogen (secondary N) is 2. The summed E-state index contributed by atoms with van der Waals surface area (Å²) >= 11 is 1.36. The number of likely N-dealkylation sites (N-methyl/N-ethyl adjacent to an activating group) is 1. The van der Waals surface area contributed by atoms with E-state index in [1.807, 2.05) is 6.92 Å². The van der Waals surface area contributed by atoms with Crippen molar-refractivity contribution in [2.45, 2.75) is 50.1 Å². The van der Waals surface area contributed by atoms with E-state index >= 15 is 0 Å². The van der Waals surface area contributed by atoms with Crippen molar-refractivity contribution in [3.8, 4) is 0 Å². The number of aliphatic carboxylic acids is 1. The number of hydrogen-bond acceptors (Lipinski definition) is 7. The van der Waals surface area contributed by atoms with Crippen LogP contribution >= 0.6 is 11.8 Å². The van der Waals surface area contributed by atoms with Crippen molar-refractivity contribution >= 4 is 35.6 Å². The maximum atomic E-state index is 12.8. The largest absolute Gasteiger partial charge is 0.477 e. The molecule has 2 fully saturated rings. The molecule has 0 aromatic heterocycles. The van der Waals surface area contributed by atoms with Crippen molar-refractivity contribution < 1.29 is 37.8 Å². The SMILES string of the molecule is CC(NC(=O)OCC(F)F)[C@H]1C(=O)N2C(C(=O)O)=C(S[C@@H]3CN[C@H](C(=O)N(C)C)C3)[C@H](C)[C@H]12. The zero-order valence-electron chi connectivity index (χ0n) is 18.7. The number of hydrogen-bond donors (Lipinski definition) is 3. The molecule has 0 aromatic rings. The van der Waals surface area contributed by atoms with Crippen LogP contribution in [0.15, 0.2) is 10.6 Å². The number of β-lactam (4-membered cyclic amide) rings is 1. The molecule has 13 heteroatoms. The zero-order chi connectivity index (χ0) is 24.6. The predicted molar refractivity (Wildman–Crippen MR) is 114 cm³/mol. The predicted octanol–water partition coefficient (Wildman–Crippen LogP) is 0.691. The van der Waals surface area contributed by atoms with Crippen molar-refractivity contribution in [1.29, 1.82) is 0 Å². The Balaban J connectivity index is 1.70. The molecule has 6 atom stereocenters. The summed E-state index contributed by atoms with van der Waals surface area (Å²) in [5.41, 5.74) is -0.0754. The van der Waals surface area contributed by atoms with E-state index in [0.717, 1.165) is 0 Å². The molecular formula is C20H28F2N4O6S. The van der Waals surface area contributed by atoms with Crippen molar-refractivity contribution in [3.63, 3.8) is 0 Å². The maximum Gasteiger partial charge on any atom is 0.407 e. The molecule has 3 aliphatic rings. The van der Waals surface area contributed by atoms with Gasteiger partial charge in [0, 0.05) is 42.8 Å². The summed E-state index contributed by atoms with van der Waals surface area (Å²) in [6, 6.07) is -1.57. The van der Waals surface area contributed by atoms with Gasteiger partial charge in [0.1, 0.15) is 5.70 Å². The van der Waals surface area contributed by atoms with Gasteiger partial charge in [-0.05, 0) is 13.3 Å². The van der Waals surface area contributed by atoms with E-state index in [2.05, 4.69) is 15.4 Å². The van der Waals surface area contributed by atoms with Gasteiger partial charge in [0.15, 0.2) is 6.61 Å². The van der Waals surface area contributed by atoms with Crippen LogP contribution in [-0.2, 0) is 19.1 Å². The van der Waals surface area contributed by atoms with Gasteiger partial charge < -0.3 is 30.3 Å². The number of fused-ring (bicyclic) bond motifs is 1. The molecule has 184 valence electrons. The minimum Gasteiger partial charge on any atom is -0.477 e. The number of ether oxygens (including phenoxy) is 1. The summed E-state index contributed by atoms with van der Waals surface area (Å²) in [5, 5.41) is 15.3. The van der Waals surface area contributed by atoms with Gasteiger partial charge in [-0.2, -0.15) is 0 Å². The van der Waals surface area contributed by atoms with Gasteiger partial charge in [0.25, 0.3) is 6.43 Å². The Hall–Kier alpha value is -2.41. The Bertz CT molecular complexity index is 869. The molecule has 3 N–H and O–H groups in total. The molecule has 3 amide bonds. The fraction of sp³-hybridized carbons (Fsp3) is 0.700. The highest BCUT2D eigenvalue weighted by atomic mass is 32.2. The Morgan fingerprint density at radius 1 is 1.36 bits per heavy atom. The normalized spacial score (nSPS) is 29.6. The lowest BCUT2D eigenvalue weighted by Crippen LogP contribution is -2.66. The molecule has 33 heavy (non-hydrogen) atoms. The summed E-state index contributed by atoms with van der Waals surface area (Å²) in [4.78, 5) is 52.1. The summed E-state index contributed by atoms with van der Waals surface area (Å²) in [6.45, 7) is 2.84. The number of amides is 3. The minimum absolute atomic E-state index is 0.0437. The van der Waals surface area contributed by atoms with Crippen LogP contribution in [0.4, 0.5) is 13.6 Å². The lowest BCUT2D eigenvalue weighted by atomic mass is 9.78. The molecule has 1 unspecified atom stereocenters. The second-order valence-corrected chi connectivity index (χ2v) is 9.97. The second kappa shape index (κ2) is 9.84. The van der Waals surface area contributed by atoms with E-state index in [1.54, 1.807) is 21.0 Å². The van der Waals surface area contributed by atoms with E-state index in [4.69, 9.17) is 0 Å². The molecule has 3 heterocycles. The van der Waals surface area contributed by atoms with E-state index < -0.39 is 49.0 Å². The first-order valence-corrected chi connectivity index (χ1v) is 11.4. The lowest BCUT2D eigenvalue weighted by Gasteiger charge is -2.47. The van der Waals surface area contributed by atoms with Crippen molar-refractivity contribution in [1.82, 2.24) is 20.4 Å². The van der Waals surface area contributed by atoms with Crippen LogP contribution in [0, 0.1) is 11.8 Å². The zero-order valence-corrected chi connectivity index (χ0v) is 19.5. The summed E-state index contributed by atoms with van der Waals surface area (Å²) in [7, 11) is 3.34. The third kappa shape index (κ3) is 4.93. The van der Waals surface area contributed by atoms with E-state index in [1.165, 1.54) is 21.6 Å². The van der Waals surface area contributed by atoms with Crippen molar-refractivity contribution in [2.24, 2.45) is 11.8 Å². The Labute approximate surface area is 194 Å². The van der Waals surface area contributed by atoms with Gasteiger partial charge in [0.2, 0.25) is 11.8 Å². The molecule has 0 bridgehead atoms. The topological polar surface area (TPSA) is 128 Å². The van der Waals surface area contributed by atoms with Gasteiger partial charge in [0.05, 0.1) is 18.0 Å². The van der Waals surface area contributed by atoms with Gasteiger partial charge in [-0.3, -0.25) is 9.59 Å². The molecule has 0 aliphatic carbocycles. The van der Waals surface area contributed by atoms with Crippen LogP contribution in [0.1, 0.15) is 20.3 Å². The molecule has 0 radical (unpaired) electrons. The van der Waals surface area contributed by atoms with Crippen molar-refractivity contribution in [3.05, 3.63) is 10.6 Å². The Morgan fingerprint density at radius 2 is 2.03 bits per heavy atom. The maximum absolute atomic E-state index is 12.8. The molecular weight excluding hydrogens is 462 g/mol. The Morgan fingerprint density at radius 3 is 2.61 bits per heavy atom. The third-order valence-corrected chi connectivity index (χ3v) is 7.65. The number of alkyl halides is 2. The highest BCUT2D eigenvalue weighted by molar-refractivity contribution is 8.03. The summed E-state index contributed by atoms with van der Waals surface area (Å²) in [5.74, 6) is -2.75. The van der Waals surface area contributed by atoms with E-state index in [-0.39, 0.29) is 28.8 Å². The average molecular weight is 491 g/mol. The summed E-state index contributed by atoms with van der Waals surface area (Å²) < 4.78 is 28.9. The average Bonchev–Trinajstić information content (AvgIpc) is 3.28. The number of halogens is 2. The molecule has 0 aromatic carbocycles. The number of alkyl carbamates (subject to hydrolysis) is 1. The van der Waals surface area contributed by atoms with Crippen LogP contribution in [0.5, 0.6) is 0 Å². The van der Waals surface area contributed by atoms with Crippen LogP contribution in [0.25, 0.3) is 0 Å². The standard InChI is InChI=1S/C20H28F2N4O6S/c1-8-14-13(9(2)24-20(31)32-7-12(21)22)18(28)26(14)15(19(29)30)16(8)33-10-5-11(23-6-10)17(27)25(3)4/h8-14,23H,5-7H2,1-4H3,(H,24,31)(H,29,30)/t8-,9?,10+,11+,13-,14-/m1/s1. The number of nitrogens with zero attached hydrogens (tertiary/aromatic N) is 2. The van der Waals surface area contributed by atoms with Crippen LogP contribution in [0.2, 0.25) is 0 Å².